The molecule has 0 spiro atoms. The average Bonchev–Trinajstić information content (AvgIpc) is 2.81. The Hall–Kier alpha value is -1.74. The number of aromatic hydroxyl groups is 1. The van der Waals surface area contributed by atoms with Crippen LogP contribution in [0.2, 0.25) is 0 Å². The van der Waals surface area contributed by atoms with E-state index in [1.54, 1.807) is 6.08 Å². The summed E-state index contributed by atoms with van der Waals surface area (Å²) in [4.78, 5) is 21.5. The Morgan fingerprint density at radius 3 is 2.70 bits per heavy atom. The van der Waals surface area contributed by atoms with Crippen molar-refractivity contribution < 1.29 is 9.90 Å². The van der Waals surface area contributed by atoms with Crippen molar-refractivity contribution in [2.75, 3.05) is 12.3 Å². The summed E-state index contributed by atoms with van der Waals surface area (Å²) < 4.78 is 1.32. The van der Waals surface area contributed by atoms with E-state index in [9.17, 15) is 9.90 Å². The summed E-state index contributed by atoms with van der Waals surface area (Å²) in [6, 6.07) is 0. The number of nitrogen functional groups attached to an aromatic ring is 1. The topological polar surface area (TPSA) is 120 Å². The molecule has 0 bridgehead atoms. The first-order chi connectivity index (χ1) is 9.49. The lowest BCUT2D eigenvalue weighted by Crippen LogP contribution is -2.22. The van der Waals surface area contributed by atoms with E-state index < -0.39 is 0 Å². The van der Waals surface area contributed by atoms with Gasteiger partial charge in [0.25, 0.3) is 5.91 Å². The second-order valence-corrected chi connectivity index (χ2v) is 5.74. The molecule has 1 aliphatic rings. The highest BCUT2D eigenvalue weighted by Gasteiger charge is 2.27. The molecular weight excluding hydrogens is 394 g/mol. The first-order valence-corrected chi connectivity index (χ1v) is 7.18. The fraction of sp³-hybridized carbons (Fsp3) is 0.0909. The Kier molecular flexibility index (Phi) is 3.09. The molecule has 0 saturated carbocycles. The average molecular weight is 403 g/mol. The van der Waals surface area contributed by atoms with Crippen molar-refractivity contribution in [1.82, 2.24) is 20.3 Å². The molecule has 1 amide bonds. The number of nitrogens with zero attached hydrogens (tertiary/aromatic N) is 1. The van der Waals surface area contributed by atoms with Gasteiger partial charge in [-0.3, -0.25) is 4.79 Å². The Balaban J connectivity index is 2.27. The SMILES string of the molecule is Nc1nc(O)c(C2=CCNC(=O)c3[nH]c(Br)c(Br)c32)[nH]1. The van der Waals surface area contributed by atoms with Gasteiger partial charge in [-0.2, -0.15) is 4.98 Å². The molecule has 6 N–H and O–H groups in total. The molecule has 2 aromatic heterocycles. The van der Waals surface area contributed by atoms with Crippen LogP contribution in [-0.4, -0.2) is 32.5 Å². The molecule has 9 heteroatoms. The van der Waals surface area contributed by atoms with Gasteiger partial charge in [-0.05, 0) is 31.9 Å². The molecular formula is C11H9Br2N5O2. The van der Waals surface area contributed by atoms with Crippen LogP contribution in [0.3, 0.4) is 0 Å². The number of hydrogen-bond donors (Lipinski definition) is 5. The van der Waals surface area contributed by atoms with Gasteiger partial charge in [-0.1, -0.05) is 6.08 Å². The van der Waals surface area contributed by atoms with Crippen molar-refractivity contribution in [3.63, 3.8) is 0 Å². The highest BCUT2D eigenvalue weighted by atomic mass is 79.9. The minimum Gasteiger partial charge on any atom is -0.492 e. The molecule has 0 unspecified atom stereocenters. The number of anilines is 1. The maximum atomic E-state index is 12.0. The van der Waals surface area contributed by atoms with Crippen LogP contribution in [0.4, 0.5) is 5.95 Å². The van der Waals surface area contributed by atoms with Crippen molar-refractivity contribution >= 4 is 49.3 Å². The molecule has 0 radical (unpaired) electrons. The van der Waals surface area contributed by atoms with Gasteiger partial charge >= 0.3 is 0 Å². The largest absolute Gasteiger partial charge is 0.492 e. The molecule has 0 aliphatic carbocycles. The summed E-state index contributed by atoms with van der Waals surface area (Å²) >= 11 is 6.75. The summed E-state index contributed by atoms with van der Waals surface area (Å²) in [6.45, 7) is 0.332. The summed E-state index contributed by atoms with van der Waals surface area (Å²) in [5, 5.41) is 12.6. The van der Waals surface area contributed by atoms with Gasteiger partial charge in [0.05, 0.1) is 9.08 Å². The maximum absolute atomic E-state index is 12.0. The number of nitrogens with one attached hydrogen (secondary N) is 3. The number of carbonyl (C=O) groups excluding carboxylic acids is 1. The monoisotopic (exact) mass is 401 g/mol. The van der Waals surface area contributed by atoms with Crippen LogP contribution in [-0.2, 0) is 0 Å². The number of aromatic amines is 2. The zero-order valence-corrected chi connectivity index (χ0v) is 13.1. The third kappa shape index (κ3) is 1.93. The van der Waals surface area contributed by atoms with E-state index in [1.807, 2.05) is 0 Å². The van der Waals surface area contributed by atoms with Crippen LogP contribution in [0.1, 0.15) is 21.7 Å². The van der Waals surface area contributed by atoms with Gasteiger partial charge in [0.1, 0.15) is 11.4 Å². The zero-order chi connectivity index (χ0) is 14.4. The van der Waals surface area contributed by atoms with Crippen LogP contribution < -0.4 is 11.1 Å². The second kappa shape index (κ2) is 4.67. The lowest BCUT2D eigenvalue weighted by molar-refractivity contribution is 0.0954. The zero-order valence-electron chi connectivity index (χ0n) is 9.92. The molecule has 0 fully saturated rings. The third-order valence-electron chi connectivity index (χ3n) is 2.93. The van der Waals surface area contributed by atoms with E-state index in [1.165, 1.54) is 0 Å². The number of fused-ring (bicyclic) bond motifs is 1. The minimum atomic E-state index is -0.232. The van der Waals surface area contributed by atoms with E-state index in [2.05, 4.69) is 52.1 Å². The first kappa shape index (κ1) is 13.3. The fourth-order valence-electron chi connectivity index (χ4n) is 2.10. The number of nitrogens with two attached hydrogens (primary N) is 1. The molecule has 3 heterocycles. The van der Waals surface area contributed by atoms with Crippen molar-refractivity contribution in [3.8, 4) is 5.88 Å². The number of carbonyl (C=O) groups is 1. The van der Waals surface area contributed by atoms with E-state index in [4.69, 9.17) is 5.73 Å². The maximum Gasteiger partial charge on any atom is 0.268 e. The van der Waals surface area contributed by atoms with E-state index in [0.717, 1.165) is 0 Å². The molecule has 0 aromatic carbocycles. The molecule has 3 rings (SSSR count). The molecule has 104 valence electrons. The number of imidazole rings is 1. The van der Waals surface area contributed by atoms with Crippen LogP contribution in [0.5, 0.6) is 5.88 Å². The molecule has 20 heavy (non-hydrogen) atoms. The smallest absolute Gasteiger partial charge is 0.268 e. The summed E-state index contributed by atoms with van der Waals surface area (Å²) in [5.74, 6) is -0.336. The lowest BCUT2D eigenvalue weighted by atomic mass is 10.0. The predicted octanol–water partition coefficient (Wildman–Crippen LogP) is 1.73. The first-order valence-electron chi connectivity index (χ1n) is 5.59. The van der Waals surface area contributed by atoms with E-state index in [0.29, 0.717) is 38.1 Å². The Morgan fingerprint density at radius 2 is 2.05 bits per heavy atom. The molecule has 7 nitrogen and oxygen atoms in total. The van der Waals surface area contributed by atoms with Gasteiger partial charge in [0.15, 0.2) is 0 Å². The van der Waals surface area contributed by atoms with Crippen molar-refractivity contribution in [3.05, 3.63) is 32.1 Å². The standard InChI is InChI=1S/C11H9Br2N5O2/c12-5-4-3(6-10(20)18-11(14)17-6)1-2-15-9(19)7(4)16-8(5)13/h1,16,20H,2H2,(H,15,19)(H3,14,17,18). The fourth-order valence-corrected chi connectivity index (χ4v) is 3.01. The number of halogens is 2. The van der Waals surface area contributed by atoms with Crippen molar-refractivity contribution in [2.45, 2.75) is 0 Å². The summed E-state index contributed by atoms with van der Waals surface area (Å²) in [6.07, 6.45) is 1.78. The predicted molar refractivity (Wildman–Crippen MR) is 80.3 cm³/mol. The van der Waals surface area contributed by atoms with Gasteiger partial charge in [0.2, 0.25) is 11.8 Å². The van der Waals surface area contributed by atoms with Crippen molar-refractivity contribution in [2.24, 2.45) is 0 Å². The summed E-state index contributed by atoms with van der Waals surface area (Å²) in [5.41, 5.74) is 7.57. The van der Waals surface area contributed by atoms with Crippen LogP contribution in [0.25, 0.3) is 5.57 Å². The Labute approximate surface area is 129 Å². The Morgan fingerprint density at radius 1 is 1.30 bits per heavy atom. The van der Waals surface area contributed by atoms with Crippen LogP contribution >= 0.6 is 31.9 Å². The quantitative estimate of drug-likeness (QED) is 0.498. The van der Waals surface area contributed by atoms with Gasteiger partial charge in [0, 0.05) is 17.7 Å². The molecule has 0 saturated heterocycles. The number of hydrogen-bond acceptors (Lipinski definition) is 4. The highest BCUT2D eigenvalue weighted by Crippen LogP contribution is 2.39. The van der Waals surface area contributed by atoms with E-state index >= 15 is 0 Å². The third-order valence-corrected chi connectivity index (χ3v) is 4.85. The van der Waals surface area contributed by atoms with Gasteiger partial charge in [-0.25, -0.2) is 0 Å². The number of amides is 1. The summed E-state index contributed by atoms with van der Waals surface area (Å²) in [7, 11) is 0. The van der Waals surface area contributed by atoms with Crippen LogP contribution in [0.15, 0.2) is 15.2 Å². The molecule has 2 aromatic rings. The number of rotatable bonds is 1. The second-order valence-electron chi connectivity index (χ2n) is 4.15. The highest BCUT2D eigenvalue weighted by molar-refractivity contribution is 9.13. The van der Waals surface area contributed by atoms with Gasteiger partial charge in [-0.15, -0.1) is 0 Å². The minimum absolute atomic E-state index is 0.106. The number of aromatic nitrogens is 3. The number of H-pyrrole nitrogens is 2. The lowest BCUT2D eigenvalue weighted by Gasteiger charge is -2.05. The van der Waals surface area contributed by atoms with E-state index in [-0.39, 0.29) is 17.7 Å². The Bertz CT molecular complexity index is 746. The van der Waals surface area contributed by atoms with Crippen LogP contribution in [0, 0.1) is 0 Å². The molecule has 1 aliphatic heterocycles. The van der Waals surface area contributed by atoms with Crippen molar-refractivity contribution in [1.29, 1.82) is 0 Å². The van der Waals surface area contributed by atoms with Gasteiger partial charge < -0.3 is 26.1 Å². The molecule has 0 atom stereocenters. The normalized spacial score (nSPS) is 14.5.